The summed E-state index contributed by atoms with van der Waals surface area (Å²) in [4.78, 5) is 16.9. The van der Waals surface area contributed by atoms with Crippen LogP contribution in [0.4, 0.5) is 5.69 Å². The highest BCUT2D eigenvalue weighted by Crippen LogP contribution is 2.22. The number of rotatable bonds is 3. The first kappa shape index (κ1) is 19.5. The van der Waals surface area contributed by atoms with Gasteiger partial charge in [0.2, 0.25) is 10.0 Å². The molecule has 7 nitrogen and oxygen atoms in total. The molecule has 0 atom stereocenters. The Morgan fingerprint density at radius 2 is 1.87 bits per heavy atom. The third-order valence-corrected chi connectivity index (χ3v) is 5.03. The molecule has 0 saturated heterocycles. The van der Waals surface area contributed by atoms with E-state index in [9.17, 15) is 13.2 Å². The van der Waals surface area contributed by atoms with Crippen LogP contribution in [0.1, 0.15) is 11.3 Å². The van der Waals surface area contributed by atoms with E-state index < -0.39 is 10.0 Å². The molecule has 30 heavy (non-hydrogen) atoms. The Balaban J connectivity index is 1.67. The molecule has 0 amide bonds. The number of nitrogens with one attached hydrogen (secondary N) is 1. The van der Waals surface area contributed by atoms with Crippen LogP contribution in [0.3, 0.4) is 0 Å². The minimum absolute atomic E-state index is 0.175. The zero-order valence-corrected chi connectivity index (χ0v) is 17.0. The molecule has 4 rings (SSSR count). The van der Waals surface area contributed by atoms with E-state index in [1.807, 2.05) is 11.6 Å². The molecule has 150 valence electrons. The molecule has 0 fully saturated rings. The Morgan fingerprint density at radius 1 is 1.10 bits per heavy atom. The van der Waals surface area contributed by atoms with Gasteiger partial charge in [-0.1, -0.05) is 18.1 Å². The van der Waals surface area contributed by atoms with Crippen molar-refractivity contribution in [2.24, 2.45) is 7.05 Å². The van der Waals surface area contributed by atoms with Gasteiger partial charge in [0.25, 0.3) is 0 Å². The number of aryl methyl sites for hydroxylation is 1. The number of hydrogen-bond donors (Lipinski definition) is 1. The van der Waals surface area contributed by atoms with Crippen molar-refractivity contribution in [3.63, 3.8) is 0 Å². The summed E-state index contributed by atoms with van der Waals surface area (Å²) in [6, 6.07) is 11.7. The minimum Gasteiger partial charge on any atom is -0.463 e. The zero-order valence-electron chi connectivity index (χ0n) is 16.2. The number of aromatic nitrogens is 2. The molecule has 0 aliphatic rings. The molecular weight excluding hydrogens is 402 g/mol. The third kappa shape index (κ3) is 4.11. The lowest BCUT2D eigenvalue weighted by Gasteiger charge is -2.06. The maximum absolute atomic E-state index is 12.9. The predicted octanol–water partition coefficient (Wildman–Crippen LogP) is 2.96. The molecule has 0 saturated carbocycles. The van der Waals surface area contributed by atoms with Crippen molar-refractivity contribution in [1.29, 1.82) is 0 Å². The Morgan fingerprint density at radius 3 is 2.53 bits per heavy atom. The molecule has 0 aliphatic carbocycles. The minimum atomic E-state index is -3.36. The number of fused-ring (bicyclic) bond motifs is 1. The molecule has 0 bridgehead atoms. The van der Waals surface area contributed by atoms with E-state index in [2.05, 4.69) is 21.5 Å². The van der Waals surface area contributed by atoms with Crippen LogP contribution < -0.4 is 10.2 Å². The molecule has 2 aromatic heterocycles. The first-order valence-corrected chi connectivity index (χ1v) is 10.8. The van der Waals surface area contributed by atoms with Crippen molar-refractivity contribution >= 4 is 26.7 Å². The summed E-state index contributed by atoms with van der Waals surface area (Å²) in [7, 11) is -1.50. The first-order chi connectivity index (χ1) is 14.3. The molecule has 1 N–H and O–H groups in total. The summed E-state index contributed by atoms with van der Waals surface area (Å²) in [6.45, 7) is 0. The van der Waals surface area contributed by atoms with Gasteiger partial charge in [-0.3, -0.25) is 9.52 Å². The third-order valence-electron chi connectivity index (χ3n) is 4.43. The largest absolute Gasteiger partial charge is 0.463 e. The number of hydrogen-bond acceptors (Lipinski definition) is 5. The molecular formula is C22H17N3O4S. The molecule has 0 unspecified atom stereocenters. The zero-order chi connectivity index (χ0) is 21.3. The van der Waals surface area contributed by atoms with Crippen LogP contribution in [0.15, 0.2) is 70.5 Å². The van der Waals surface area contributed by atoms with Gasteiger partial charge in [0.1, 0.15) is 17.5 Å². The smallest absolute Gasteiger partial charge is 0.229 e. The molecule has 0 spiro atoms. The number of benzene rings is 2. The van der Waals surface area contributed by atoms with E-state index >= 15 is 0 Å². The van der Waals surface area contributed by atoms with Gasteiger partial charge in [0.15, 0.2) is 5.43 Å². The van der Waals surface area contributed by atoms with Crippen LogP contribution in [0.25, 0.3) is 22.1 Å². The van der Waals surface area contributed by atoms with E-state index in [1.165, 1.54) is 6.26 Å². The second-order valence-corrected chi connectivity index (χ2v) is 8.53. The fourth-order valence-corrected chi connectivity index (χ4v) is 3.52. The van der Waals surface area contributed by atoms with Gasteiger partial charge >= 0.3 is 0 Å². The van der Waals surface area contributed by atoms with Crippen LogP contribution in [0, 0.1) is 11.8 Å². The van der Waals surface area contributed by atoms with Gasteiger partial charge in [-0.05, 0) is 41.8 Å². The summed E-state index contributed by atoms with van der Waals surface area (Å²) >= 11 is 0. The van der Waals surface area contributed by atoms with E-state index in [0.29, 0.717) is 27.8 Å². The normalized spacial score (nSPS) is 11.1. The molecule has 2 heterocycles. The summed E-state index contributed by atoms with van der Waals surface area (Å²) in [5, 5.41) is 0.442. The lowest BCUT2D eigenvalue weighted by atomic mass is 10.0. The molecule has 4 aromatic rings. The van der Waals surface area contributed by atoms with Gasteiger partial charge in [0, 0.05) is 18.3 Å². The number of sulfonamides is 1. The standard InChI is InChI=1S/C22H17N3O4S/c1-25-14-23-12-18(25)9-3-15-4-10-19-21(11-15)29-13-20(22(19)26)16-5-7-17(8-6-16)24-30(2,27)28/h4-8,10-14,24H,1-2H3. The maximum Gasteiger partial charge on any atom is 0.229 e. The predicted molar refractivity (Wildman–Crippen MR) is 116 cm³/mol. The van der Waals surface area contributed by atoms with E-state index in [0.717, 1.165) is 17.5 Å². The van der Waals surface area contributed by atoms with Crippen LogP contribution in [0.2, 0.25) is 0 Å². The van der Waals surface area contributed by atoms with E-state index in [-0.39, 0.29) is 5.43 Å². The summed E-state index contributed by atoms with van der Waals surface area (Å²) in [5.41, 5.74) is 3.20. The summed E-state index contributed by atoms with van der Waals surface area (Å²) < 4.78 is 32.5. The number of anilines is 1. The fourth-order valence-electron chi connectivity index (χ4n) is 2.95. The second kappa shape index (κ2) is 7.54. The SMILES string of the molecule is Cn1cncc1C#Cc1ccc2c(=O)c(-c3ccc(NS(C)(=O)=O)cc3)coc2c1. The molecule has 0 aliphatic heterocycles. The number of nitrogens with zero attached hydrogens (tertiary/aromatic N) is 2. The van der Waals surface area contributed by atoms with Crippen molar-refractivity contribution in [2.75, 3.05) is 11.0 Å². The Labute approximate surface area is 173 Å². The Kier molecular flexibility index (Phi) is 4.90. The Hall–Kier alpha value is -3.83. The van der Waals surface area contributed by atoms with Gasteiger partial charge in [-0.15, -0.1) is 0 Å². The highest BCUT2D eigenvalue weighted by atomic mass is 32.2. The lowest BCUT2D eigenvalue weighted by molar-refractivity contribution is 0.604. The summed E-state index contributed by atoms with van der Waals surface area (Å²) in [6.07, 6.45) is 5.84. The van der Waals surface area contributed by atoms with Crippen molar-refractivity contribution in [3.8, 4) is 23.0 Å². The second-order valence-electron chi connectivity index (χ2n) is 6.78. The van der Waals surface area contributed by atoms with Gasteiger partial charge in [-0.2, -0.15) is 0 Å². The van der Waals surface area contributed by atoms with Crippen LogP contribution in [-0.2, 0) is 17.1 Å². The highest BCUT2D eigenvalue weighted by molar-refractivity contribution is 7.92. The summed E-state index contributed by atoms with van der Waals surface area (Å²) in [5.74, 6) is 6.07. The molecule has 0 radical (unpaired) electrons. The van der Waals surface area contributed by atoms with Gasteiger partial charge in [0.05, 0.1) is 29.7 Å². The van der Waals surface area contributed by atoms with E-state index in [4.69, 9.17) is 4.42 Å². The van der Waals surface area contributed by atoms with Crippen molar-refractivity contribution in [2.45, 2.75) is 0 Å². The molecule has 2 aromatic carbocycles. The number of imidazole rings is 1. The average molecular weight is 419 g/mol. The Bertz CT molecular complexity index is 1470. The lowest BCUT2D eigenvalue weighted by Crippen LogP contribution is -2.09. The van der Waals surface area contributed by atoms with Crippen molar-refractivity contribution < 1.29 is 12.8 Å². The van der Waals surface area contributed by atoms with Crippen LogP contribution >= 0.6 is 0 Å². The van der Waals surface area contributed by atoms with Crippen LogP contribution in [0.5, 0.6) is 0 Å². The van der Waals surface area contributed by atoms with Gasteiger partial charge in [-0.25, -0.2) is 13.4 Å². The van der Waals surface area contributed by atoms with Crippen molar-refractivity contribution in [1.82, 2.24) is 9.55 Å². The van der Waals surface area contributed by atoms with Gasteiger partial charge < -0.3 is 8.98 Å². The molecule has 8 heteroatoms. The highest BCUT2D eigenvalue weighted by Gasteiger charge is 2.10. The quantitative estimate of drug-likeness (QED) is 0.515. The van der Waals surface area contributed by atoms with Crippen LogP contribution in [-0.4, -0.2) is 24.2 Å². The first-order valence-electron chi connectivity index (χ1n) is 8.92. The van der Waals surface area contributed by atoms with E-state index in [1.54, 1.807) is 55.0 Å². The maximum atomic E-state index is 12.9. The monoisotopic (exact) mass is 419 g/mol. The average Bonchev–Trinajstić information content (AvgIpc) is 3.11. The fraction of sp³-hybridized carbons (Fsp3) is 0.0909. The van der Waals surface area contributed by atoms with Crippen molar-refractivity contribution in [3.05, 3.63) is 82.7 Å². The topological polar surface area (TPSA) is 94.2 Å².